The summed E-state index contributed by atoms with van der Waals surface area (Å²) < 4.78 is 5.00. The number of carbonyl (C=O) groups excluding carboxylic acids is 2. The molecule has 0 bridgehead atoms. The molecule has 6 nitrogen and oxygen atoms in total. The first-order valence-corrected chi connectivity index (χ1v) is 8.86. The number of nitrogens with one attached hydrogen (secondary N) is 1. The summed E-state index contributed by atoms with van der Waals surface area (Å²) in [5.74, 6) is 0.247. The van der Waals surface area contributed by atoms with Crippen LogP contribution in [-0.2, 0) is 14.3 Å². The quantitative estimate of drug-likeness (QED) is 0.710. The van der Waals surface area contributed by atoms with E-state index in [-0.39, 0.29) is 23.9 Å². The number of carbonyl (C=O) groups is 2. The fraction of sp³-hybridized carbons (Fsp3) is 0.882. The molecule has 2 fully saturated rings. The first-order chi connectivity index (χ1) is 11.1. The summed E-state index contributed by atoms with van der Waals surface area (Å²) in [6.07, 6.45) is 5.15. The Balaban J connectivity index is 1.92. The maximum Gasteiger partial charge on any atom is 0.237 e. The highest BCUT2D eigenvalue weighted by Crippen LogP contribution is 2.31. The van der Waals surface area contributed by atoms with Gasteiger partial charge in [0.05, 0.1) is 6.04 Å². The van der Waals surface area contributed by atoms with Crippen molar-refractivity contribution in [2.24, 2.45) is 0 Å². The van der Waals surface area contributed by atoms with Crippen molar-refractivity contribution in [3.8, 4) is 0 Å². The molecule has 6 heteroatoms. The van der Waals surface area contributed by atoms with Gasteiger partial charge >= 0.3 is 0 Å². The monoisotopic (exact) mass is 325 g/mol. The summed E-state index contributed by atoms with van der Waals surface area (Å²) >= 11 is 0. The molecular weight excluding hydrogens is 294 g/mol. The molecule has 132 valence electrons. The second kappa shape index (κ2) is 8.64. The molecule has 0 saturated carbocycles. The molecule has 2 heterocycles. The van der Waals surface area contributed by atoms with Gasteiger partial charge in [0.15, 0.2) is 0 Å². The molecule has 3 atom stereocenters. The van der Waals surface area contributed by atoms with E-state index in [4.69, 9.17) is 4.74 Å². The van der Waals surface area contributed by atoms with Crippen molar-refractivity contribution < 1.29 is 14.3 Å². The van der Waals surface area contributed by atoms with Gasteiger partial charge in [-0.05, 0) is 45.6 Å². The number of ether oxygens (including phenoxy) is 1. The van der Waals surface area contributed by atoms with Gasteiger partial charge in [0.2, 0.25) is 11.8 Å². The second-order valence-corrected chi connectivity index (χ2v) is 6.68. The van der Waals surface area contributed by atoms with Gasteiger partial charge in [-0.15, -0.1) is 0 Å². The highest BCUT2D eigenvalue weighted by molar-refractivity contribution is 5.81. The minimum Gasteiger partial charge on any atom is -0.385 e. The lowest BCUT2D eigenvalue weighted by Gasteiger charge is -2.37. The van der Waals surface area contributed by atoms with E-state index < -0.39 is 0 Å². The highest BCUT2D eigenvalue weighted by Gasteiger charge is 2.41. The molecule has 0 aromatic heterocycles. The van der Waals surface area contributed by atoms with Crippen LogP contribution in [0.3, 0.4) is 0 Å². The zero-order valence-electron chi connectivity index (χ0n) is 14.7. The van der Waals surface area contributed by atoms with E-state index >= 15 is 0 Å². The summed E-state index contributed by atoms with van der Waals surface area (Å²) in [5, 5.41) is 3.00. The Labute approximate surface area is 139 Å². The third kappa shape index (κ3) is 4.44. The van der Waals surface area contributed by atoms with Crippen molar-refractivity contribution in [3.05, 3.63) is 0 Å². The van der Waals surface area contributed by atoms with Crippen molar-refractivity contribution in [2.45, 2.75) is 64.1 Å². The Morgan fingerprint density at radius 3 is 2.61 bits per heavy atom. The van der Waals surface area contributed by atoms with Gasteiger partial charge in [0, 0.05) is 45.8 Å². The number of hydrogen-bond donors (Lipinski definition) is 1. The van der Waals surface area contributed by atoms with Crippen LogP contribution < -0.4 is 5.32 Å². The number of amides is 2. The molecule has 0 radical (unpaired) electrons. The van der Waals surface area contributed by atoms with E-state index in [1.807, 2.05) is 11.8 Å². The largest absolute Gasteiger partial charge is 0.385 e. The molecule has 23 heavy (non-hydrogen) atoms. The molecule has 0 aromatic rings. The van der Waals surface area contributed by atoms with E-state index in [0.717, 1.165) is 45.2 Å². The van der Waals surface area contributed by atoms with Crippen LogP contribution in [0.25, 0.3) is 0 Å². The average molecular weight is 325 g/mol. The molecule has 0 aliphatic carbocycles. The van der Waals surface area contributed by atoms with Gasteiger partial charge in [0.1, 0.15) is 0 Å². The maximum atomic E-state index is 12.4. The van der Waals surface area contributed by atoms with Crippen LogP contribution in [0.1, 0.15) is 46.0 Å². The molecule has 2 aliphatic heterocycles. The van der Waals surface area contributed by atoms with Gasteiger partial charge in [-0.3, -0.25) is 14.5 Å². The van der Waals surface area contributed by atoms with E-state index in [1.165, 1.54) is 0 Å². The normalized spacial score (nSPS) is 26.5. The average Bonchev–Trinajstić information content (AvgIpc) is 3.18. The third-order valence-electron chi connectivity index (χ3n) is 5.19. The molecule has 2 amide bonds. The smallest absolute Gasteiger partial charge is 0.237 e. The zero-order valence-corrected chi connectivity index (χ0v) is 14.7. The van der Waals surface area contributed by atoms with Crippen molar-refractivity contribution in [1.82, 2.24) is 15.1 Å². The van der Waals surface area contributed by atoms with E-state index in [9.17, 15) is 9.59 Å². The number of rotatable bonds is 7. The van der Waals surface area contributed by atoms with Gasteiger partial charge < -0.3 is 15.0 Å². The number of likely N-dealkylation sites (tertiary alicyclic amines) is 2. The third-order valence-corrected chi connectivity index (χ3v) is 5.19. The summed E-state index contributed by atoms with van der Waals surface area (Å²) in [6.45, 7) is 6.76. The fourth-order valence-corrected chi connectivity index (χ4v) is 4.02. The molecule has 3 unspecified atom stereocenters. The molecule has 2 rings (SSSR count). The lowest BCUT2D eigenvalue weighted by atomic mass is 10.0. The molecule has 2 saturated heterocycles. The Bertz CT molecular complexity index is 416. The van der Waals surface area contributed by atoms with Crippen molar-refractivity contribution in [2.75, 3.05) is 33.4 Å². The summed E-state index contributed by atoms with van der Waals surface area (Å²) in [6, 6.07) is 0.458. The molecule has 2 aliphatic rings. The van der Waals surface area contributed by atoms with Crippen molar-refractivity contribution in [3.63, 3.8) is 0 Å². The molecule has 0 spiro atoms. The minimum absolute atomic E-state index is 0.0837. The van der Waals surface area contributed by atoms with E-state index in [1.54, 1.807) is 14.0 Å². The van der Waals surface area contributed by atoms with Crippen LogP contribution in [0.15, 0.2) is 0 Å². The summed E-state index contributed by atoms with van der Waals surface area (Å²) in [7, 11) is 1.67. The standard InChI is InChI=1S/C17H31N3O3/c1-13(17(22)18-9-6-12-23-3)19-10-4-7-15(19)16-8-5-11-20(16)14(2)21/h13,15-16H,4-12H2,1-3H3,(H,18,22). The number of nitrogens with zero attached hydrogens (tertiary/aromatic N) is 2. The maximum absolute atomic E-state index is 12.4. The lowest BCUT2D eigenvalue weighted by Crippen LogP contribution is -2.54. The van der Waals surface area contributed by atoms with Crippen molar-refractivity contribution in [1.29, 1.82) is 0 Å². The Hall–Kier alpha value is -1.14. The van der Waals surface area contributed by atoms with Gasteiger partial charge in [-0.1, -0.05) is 0 Å². The van der Waals surface area contributed by atoms with Crippen LogP contribution in [0, 0.1) is 0 Å². The Morgan fingerprint density at radius 1 is 1.22 bits per heavy atom. The predicted molar refractivity (Wildman–Crippen MR) is 89.1 cm³/mol. The number of methoxy groups -OCH3 is 1. The highest BCUT2D eigenvalue weighted by atomic mass is 16.5. The molecular formula is C17H31N3O3. The number of hydrogen-bond acceptors (Lipinski definition) is 4. The zero-order chi connectivity index (χ0) is 16.8. The summed E-state index contributed by atoms with van der Waals surface area (Å²) in [5.41, 5.74) is 0. The minimum atomic E-state index is -0.139. The van der Waals surface area contributed by atoms with Crippen molar-refractivity contribution >= 4 is 11.8 Å². The summed E-state index contributed by atoms with van der Waals surface area (Å²) in [4.78, 5) is 28.5. The van der Waals surface area contributed by atoms with Crippen LogP contribution in [-0.4, -0.2) is 73.1 Å². The Kier molecular flexibility index (Phi) is 6.84. The lowest BCUT2D eigenvalue weighted by molar-refractivity contribution is -0.131. The topological polar surface area (TPSA) is 61.9 Å². The van der Waals surface area contributed by atoms with E-state index in [2.05, 4.69) is 10.2 Å². The van der Waals surface area contributed by atoms with Crippen LogP contribution in [0.4, 0.5) is 0 Å². The van der Waals surface area contributed by atoms with Crippen LogP contribution >= 0.6 is 0 Å². The first-order valence-electron chi connectivity index (χ1n) is 8.86. The fourth-order valence-electron chi connectivity index (χ4n) is 4.02. The van der Waals surface area contributed by atoms with E-state index in [0.29, 0.717) is 19.2 Å². The van der Waals surface area contributed by atoms with Crippen LogP contribution in [0.2, 0.25) is 0 Å². The first kappa shape index (κ1) is 18.2. The second-order valence-electron chi connectivity index (χ2n) is 6.68. The van der Waals surface area contributed by atoms with Gasteiger partial charge in [-0.2, -0.15) is 0 Å². The van der Waals surface area contributed by atoms with Gasteiger partial charge in [0.25, 0.3) is 0 Å². The van der Waals surface area contributed by atoms with Crippen LogP contribution in [0.5, 0.6) is 0 Å². The Morgan fingerprint density at radius 2 is 1.91 bits per heavy atom. The predicted octanol–water partition coefficient (Wildman–Crippen LogP) is 1.00. The molecule has 0 aromatic carbocycles. The molecule has 1 N–H and O–H groups in total. The SMILES string of the molecule is COCCCNC(=O)C(C)N1CCCC1C1CCCN1C(C)=O. The van der Waals surface area contributed by atoms with Gasteiger partial charge in [-0.25, -0.2) is 0 Å².